The molecule has 1 amide bonds. The van der Waals surface area contributed by atoms with Gasteiger partial charge in [0.1, 0.15) is 6.10 Å². The number of carbonyl (C=O) groups excluding carboxylic acids is 2. The van der Waals surface area contributed by atoms with Crippen LogP contribution in [0.3, 0.4) is 0 Å². The Bertz CT molecular complexity index is 1120. The van der Waals surface area contributed by atoms with E-state index in [2.05, 4.69) is 56.5 Å². The van der Waals surface area contributed by atoms with Gasteiger partial charge in [0.25, 0.3) is 0 Å². The topological polar surface area (TPSA) is 95.9 Å². The van der Waals surface area contributed by atoms with Crippen molar-refractivity contribution in [2.75, 3.05) is 6.61 Å². The maximum atomic E-state index is 13.2. The normalized spacial score (nSPS) is 13.9. The van der Waals surface area contributed by atoms with Crippen molar-refractivity contribution in [3.05, 3.63) is 72.9 Å². The van der Waals surface area contributed by atoms with Crippen LogP contribution < -0.4 is 5.32 Å². The van der Waals surface area contributed by atoms with Gasteiger partial charge in [0, 0.05) is 6.42 Å². The standard InChI is InChI=1S/C54H95NO5/c1-4-7-10-13-16-19-21-23-25-26-28-29-31-34-36-39-42-45-50(48-53(58)55-51(49-56)52(57)46-43-40-37-33-18-15-12-9-6-3)60-54(59)47-44-41-38-35-32-30-27-24-22-20-17-14-11-8-5-2/h8,11,14,17,20,22-25,27,30,32,50-52,56-57H,4-7,9-10,12-13,15-16,18-19,21,26,28-29,31,33-49H2,1-3H3,(H,55,58)/b11-8+,17-14+,22-20-,25-23+,27-24-,32-30+. The van der Waals surface area contributed by atoms with E-state index in [0.29, 0.717) is 19.3 Å². The minimum absolute atomic E-state index is 0.0546. The van der Waals surface area contributed by atoms with E-state index >= 15 is 0 Å². The summed E-state index contributed by atoms with van der Waals surface area (Å²) in [7, 11) is 0. The van der Waals surface area contributed by atoms with Gasteiger partial charge in [-0.25, -0.2) is 0 Å². The molecule has 0 aromatic rings. The van der Waals surface area contributed by atoms with Gasteiger partial charge >= 0.3 is 5.97 Å². The Hall–Kier alpha value is -2.70. The van der Waals surface area contributed by atoms with E-state index in [1.165, 1.54) is 116 Å². The van der Waals surface area contributed by atoms with Gasteiger partial charge in [0.2, 0.25) is 5.91 Å². The van der Waals surface area contributed by atoms with Crippen LogP contribution in [0.25, 0.3) is 0 Å². The minimum Gasteiger partial charge on any atom is -0.462 e. The molecule has 0 aliphatic heterocycles. The van der Waals surface area contributed by atoms with E-state index in [1.807, 2.05) is 42.5 Å². The van der Waals surface area contributed by atoms with Crippen LogP contribution in [0.5, 0.6) is 0 Å². The third-order valence-electron chi connectivity index (χ3n) is 11.1. The van der Waals surface area contributed by atoms with E-state index in [4.69, 9.17) is 4.74 Å². The Kier molecular flexibility index (Phi) is 45.2. The number of esters is 1. The van der Waals surface area contributed by atoms with Gasteiger partial charge in [0.15, 0.2) is 0 Å². The van der Waals surface area contributed by atoms with Gasteiger partial charge in [-0.2, -0.15) is 0 Å². The fourth-order valence-electron chi connectivity index (χ4n) is 7.33. The Morgan fingerprint density at radius 3 is 1.42 bits per heavy atom. The summed E-state index contributed by atoms with van der Waals surface area (Å²) in [5.41, 5.74) is 0. The van der Waals surface area contributed by atoms with E-state index in [1.54, 1.807) is 0 Å². The second kappa shape index (κ2) is 47.4. The van der Waals surface area contributed by atoms with Crippen LogP contribution in [0, 0.1) is 0 Å². The average molecular weight is 838 g/mol. The second-order valence-corrected chi connectivity index (χ2v) is 17.0. The fraction of sp³-hybridized carbons (Fsp3) is 0.741. The number of ether oxygens (including phenoxy) is 1. The highest BCUT2D eigenvalue weighted by atomic mass is 16.5. The van der Waals surface area contributed by atoms with E-state index in [-0.39, 0.29) is 24.9 Å². The Labute approximate surface area is 371 Å². The highest BCUT2D eigenvalue weighted by Crippen LogP contribution is 2.17. The van der Waals surface area contributed by atoms with Crippen LogP contribution >= 0.6 is 0 Å². The number of aliphatic hydroxyl groups is 2. The monoisotopic (exact) mass is 838 g/mol. The van der Waals surface area contributed by atoms with Gasteiger partial charge in [0.05, 0.1) is 25.2 Å². The molecule has 0 radical (unpaired) electrons. The summed E-state index contributed by atoms with van der Waals surface area (Å²) in [5, 5.41) is 23.7. The van der Waals surface area contributed by atoms with Crippen LogP contribution in [-0.4, -0.2) is 46.9 Å². The Morgan fingerprint density at radius 1 is 0.500 bits per heavy atom. The predicted molar refractivity (Wildman–Crippen MR) is 259 cm³/mol. The average Bonchev–Trinajstić information content (AvgIpc) is 3.24. The lowest BCUT2D eigenvalue weighted by Gasteiger charge is -2.24. The SMILES string of the molecule is CC/C=C/C=C/C=C\C=C/C=C/CCCCCC(=O)OC(CCCCCCCCC/C=C/CCCCCCCC)CC(=O)NC(CO)C(O)CCCCCCCCCCC. The van der Waals surface area contributed by atoms with Crippen molar-refractivity contribution >= 4 is 11.9 Å². The lowest BCUT2D eigenvalue weighted by atomic mass is 10.0. The molecule has 0 rings (SSSR count). The summed E-state index contributed by atoms with van der Waals surface area (Å²) in [6.45, 7) is 6.30. The highest BCUT2D eigenvalue weighted by Gasteiger charge is 2.24. The number of carbonyl (C=O) groups is 2. The molecular formula is C54H95NO5. The first-order valence-corrected chi connectivity index (χ1v) is 25.2. The summed E-state index contributed by atoms with van der Waals surface area (Å²) < 4.78 is 5.91. The fourth-order valence-corrected chi connectivity index (χ4v) is 7.33. The molecule has 3 N–H and O–H groups in total. The number of aliphatic hydroxyl groups excluding tert-OH is 2. The molecule has 3 atom stereocenters. The quantitative estimate of drug-likeness (QED) is 0.0246. The number of hydrogen-bond acceptors (Lipinski definition) is 5. The molecule has 0 bridgehead atoms. The molecule has 0 saturated carbocycles. The molecule has 0 heterocycles. The summed E-state index contributed by atoms with van der Waals surface area (Å²) in [5.74, 6) is -0.529. The molecule has 6 nitrogen and oxygen atoms in total. The molecule has 0 aromatic carbocycles. The van der Waals surface area contributed by atoms with Crippen LogP contribution in [-0.2, 0) is 14.3 Å². The van der Waals surface area contributed by atoms with Crippen LogP contribution in [0.1, 0.15) is 233 Å². The second-order valence-electron chi connectivity index (χ2n) is 17.0. The number of unbranched alkanes of at least 4 members (excludes halogenated alkanes) is 24. The summed E-state index contributed by atoms with van der Waals surface area (Å²) >= 11 is 0. The smallest absolute Gasteiger partial charge is 0.306 e. The molecule has 346 valence electrons. The zero-order valence-corrected chi connectivity index (χ0v) is 39.3. The molecule has 3 unspecified atom stereocenters. The largest absolute Gasteiger partial charge is 0.462 e. The first-order valence-electron chi connectivity index (χ1n) is 25.2. The zero-order valence-electron chi connectivity index (χ0n) is 39.3. The molecule has 0 aliphatic rings. The van der Waals surface area contributed by atoms with Crippen LogP contribution in [0.4, 0.5) is 0 Å². The number of amides is 1. The van der Waals surface area contributed by atoms with Crippen molar-refractivity contribution in [1.29, 1.82) is 0 Å². The maximum absolute atomic E-state index is 13.2. The van der Waals surface area contributed by atoms with Crippen molar-refractivity contribution < 1.29 is 24.5 Å². The summed E-state index contributed by atoms with van der Waals surface area (Å²) in [6.07, 6.45) is 59.6. The van der Waals surface area contributed by atoms with Crippen LogP contribution in [0.15, 0.2) is 72.9 Å². The molecule has 60 heavy (non-hydrogen) atoms. The first kappa shape index (κ1) is 57.3. The molecule has 6 heteroatoms. The van der Waals surface area contributed by atoms with Gasteiger partial charge in [-0.15, -0.1) is 0 Å². The summed E-state index contributed by atoms with van der Waals surface area (Å²) in [6, 6.07) is -0.713. The van der Waals surface area contributed by atoms with Gasteiger partial charge in [-0.1, -0.05) is 222 Å². The molecule has 0 fully saturated rings. The molecule has 0 aliphatic carbocycles. The van der Waals surface area contributed by atoms with E-state index in [9.17, 15) is 19.8 Å². The van der Waals surface area contributed by atoms with Crippen LogP contribution in [0.2, 0.25) is 0 Å². The Balaban J connectivity index is 4.67. The lowest BCUT2D eigenvalue weighted by molar-refractivity contribution is -0.151. The molecule has 0 saturated heterocycles. The van der Waals surface area contributed by atoms with Crippen molar-refractivity contribution in [3.63, 3.8) is 0 Å². The number of allylic oxidation sites excluding steroid dienone is 12. The van der Waals surface area contributed by atoms with Gasteiger partial charge in [-0.3, -0.25) is 9.59 Å². The highest BCUT2D eigenvalue weighted by molar-refractivity contribution is 5.77. The molecule has 0 spiro atoms. The third kappa shape index (κ3) is 42.0. The lowest BCUT2D eigenvalue weighted by Crippen LogP contribution is -2.46. The van der Waals surface area contributed by atoms with E-state index < -0.39 is 18.2 Å². The zero-order chi connectivity index (χ0) is 43.8. The molecule has 0 aromatic heterocycles. The van der Waals surface area contributed by atoms with Gasteiger partial charge in [-0.05, 0) is 70.6 Å². The third-order valence-corrected chi connectivity index (χ3v) is 11.1. The number of rotatable bonds is 44. The number of hydrogen-bond donors (Lipinski definition) is 3. The summed E-state index contributed by atoms with van der Waals surface area (Å²) in [4.78, 5) is 26.1. The predicted octanol–water partition coefficient (Wildman–Crippen LogP) is 15.0. The molecular weight excluding hydrogens is 743 g/mol. The van der Waals surface area contributed by atoms with Crippen molar-refractivity contribution in [2.24, 2.45) is 0 Å². The van der Waals surface area contributed by atoms with Crippen molar-refractivity contribution in [3.8, 4) is 0 Å². The van der Waals surface area contributed by atoms with Crippen molar-refractivity contribution in [2.45, 2.75) is 251 Å². The van der Waals surface area contributed by atoms with Gasteiger partial charge < -0.3 is 20.3 Å². The van der Waals surface area contributed by atoms with Crippen molar-refractivity contribution in [1.82, 2.24) is 5.32 Å². The van der Waals surface area contributed by atoms with E-state index in [0.717, 1.165) is 70.6 Å². The Morgan fingerprint density at radius 2 is 0.917 bits per heavy atom. The minimum atomic E-state index is -0.797. The number of nitrogens with one attached hydrogen (secondary N) is 1. The first-order chi connectivity index (χ1) is 29.5. The maximum Gasteiger partial charge on any atom is 0.306 e.